The summed E-state index contributed by atoms with van der Waals surface area (Å²) >= 11 is 0. The summed E-state index contributed by atoms with van der Waals surface area (Å²) in [6.45, 7) is 0.871. The third-order valence-corrected chi connectivity index (χ3v) is 1.91. The zero-order chi connectivity index (χ0) is 9.80. The van der Waals surface area contributed by atoms with Crippen LogP contribution in [0.1, 0.15) is 5.56 Å². The average molecular weight is 189 g/mol. The molecular weight excluding hydrogens is 180 g/mol. The van der Waals surface area contributed by atoms with Crippen LogP contribution >= 0.6 is 0 Å². The van der Waals surface area contributed by atoms with Crippen LogP contribution in [-0.4, -0.2) is 19.5 Å². The van der Waals surface area contributed by atoms with Gasteiger partial charge in [-0.3, -0.25) is 4.79 Å². The second kappa shape index (κ2) is 3.96. The molecule has 0 unspecified atom stereocenters. The Bertz CT molecular complexity index is 354. The molecule has 0 bridgehead atoms. The average Bonchev–Trinajstić information content (AvgIpc) is 2.30. The Kier molecular flexibility index (Phi) is 2.49. The molecule has 1 aromatic carbocycles. The lowest BCUT2D eigenvalue weighted by Gasteiger charge is -2.18. The van der Waals surface area contributed by atoms with Gasteiger partial charge in [-0.25, -0.2) is 0 Å². The van der Waals surface area contributed by atoms with E-state index in [0.29, 0.717) is 19.0 Å². The highest BCUT2D eigenvalue weighted by molar-refractivity contribution is 5.84. The maximum Gasteiger partial charge on any atom is 0.275 e. The highest BCUT2D eigenvalue weighted by atomic mass is 16.6. The van der Waals surface area contributed by atoms with E-state index in [1.54, 1.807) is 6.29 Å². The van der Waals surface area contributed by atoms with Crippen molar-refractivity contribution in [2.24, 2.45) is 0 Å². The molecule has 1 aliphatic heterocycles. The van der Waals surface area contributed by atoms with Crippen LogP contribution < -0.4 is 0 Å². The minimum absolute atomic E-state index is 0.155. The summed E-state index contributed by atoms with van der Waals surface area (Å²) < 4.78 is 10.5. The molecule has 1 aromatic rings. The molecule has 0 N–H and O–H groups in total. The van der Waals surface area contributed by atoms with Crippen LogP contribution in [0, 0.1) is 0 Å². The standard InChI is InChI=1S/C11H9O3/c12-8-10-11(14-7-6-13-10)9-4-2-1-3-5-9/h1-5H,6-7H2. The van der Waals surface area contributed by atoms with Gasteiger partial charge in [0, 0.05) is 5.56 Å². The molecule has 1 aliphatic rings. The zero-order valence-electron chi connectivity index (χ0n) is 7.53. The lowest BCUT2D eigenvalue weighted by atomic mass is 10.1. The largest absolute Gasteiger partial charge is 0.485 e. The summed E-state index contributed by atoms with van der Waals surface area (Å²) in [5, 5.41) is 0. The third-order valence-electron chi connectivity index (χ3n) is 1.91. The second-order valence-corrected chi connectivity index (χ2v) is 2.82. The molecule has 0 aliphatic carbocycles. The molecule has 0 aromatic heterocycles. The number of benzene rings is 1. The SMILES string of the molecule is O=[C]C1=C(c2ccccc2)OCCO1. The van der Waals surface area contributed by atoms with Gasteiger partial charge in [0.1, 0.15) is 13.2 Å². The summed E-state index contributed by atoms with van der Waals surface area (Å²) in [5.41, 5.74) is 0.838. The monoisotopic (exact) mass is 189 g/mol. The van der Waals surface area contributed by atoms with Gasteiger partial charge in [0.05, 0.1) is 0 Å². The lowest BCUT2D eigenvalue weighted by molar-refractivity contribution is 0.113. The minimum atomic E-state index is 0.155. The first-order valence-corrected chi connectivity index (χ1v) is 4.35. The lowest BCUT2D eigenvalue weighted by Crippen LogP contribution is -2.13. The highest BCUT2D eigenvalue weighted by Gasteiger charge is 2.16. The van der Waals surface area contributed by atoms with E-state index in [1.165, 1.54) is 0 Å². The van der Waals surface area contributed by atoms with Crippen molar-refractivity contribution in [1.82, 2.24) is 0 Å². The van der Waals surface area contributed by atoms with E-state index < -0.39 is 0 Å². The first kappa shape index (κ1) is 8.81. The summed E-state index contributed by atoms with van der Waals surface area (Å²) in [5.74, 6) is 0.634. The topological polar surface area (TPSA) is 35.5 Å². The van der Waals surface area contributed by atoms with Crippen molar-refractivity contribution >= 4 is 12.0 Å². The maximum atomic E-state index is 10.6. The molecular formula is C11H9O3. The van der Waals surface area contributed by atoms with E-state index in [1.807, 2.05) is 30.3 Å². The van der Waals surface area contributed by atoms with Crippen LogP contribution in [0.15, 0.2) is 36.1 Å². The molecule has 0 saturated heterocycles. The van der Waals surface area contributed by atoms with Crippen molar-refractivity contribution in [3.8, 4) is 0 Å². The van der Waals surface area contributed by atoms with Crippen molar-refractivity contribution in [3.63, 3.8) is 0 Å². The number of carbonyl (C=O) groups excluding carboxylic acids is 1. The quantitative estimate of drug-likeness (QED) is 0.707. The molecule has 71 valence electrons. The minimum Gasteiger partial charge on any atom is -0.485 e. The molecule has 0 saturated carbocycles. The Morgan fingerprint density at radius 2 is 1.79 bits per heavy atom. The van der Waals surface area contributed by atoms with Crippen molar-refractivity contribution in [2.45, 2.75) is 0 Å². The number of ether oxygens (including phenoxy) is 2. The molecule has 2 rings (SSSR count). The first-order chi connectivity index (χ1) is 6.92. The predicted octanol–water partition coefficient (Wildman–Crippen LogP) is 1.51. The second-order valence-electron chi connectivity index (χ2n) is 2.82. The highest BCUT2D eigenvalue weighted by Crippen LogP contribution is 2.22. The van der Waals surface area contributed by atoms with E-state index in [2.05, 4.69) is 0 Å². The van der Waals surface area contributed by atoms with Crippen LogP contribution in [-0.2, 0) is 14.3 Å². The summed E-state index contributed by atoms with van der Waals surface area (Å²) in [7, 11) is 0. The fourth-order valence-electron chi connectivity index (χ4n) is 1.30. The molecule has 14 heavy (non-hydrogen) atoms. The van der Waals surface area contributed by atoms with Gasteiger partial charge in [0.2, 0.25) is 5.76 Å². The Hall–Kier alpha value is -1.77. The summed E-state index contributed by atoms with van der Waals surface area (Å²) in [6, 6.07) is 9.38. The van der Waals surface area contributed by atoms with Gasteiger partial charge >= 0.3 is 0 Å². The van der Waals surface area contributed by atoms with Gasteiger partial charge in [-0.2, -0.15) is 0 Å². The van der Waals surface area contributed by atoms with Gasteiger partial charge in [-0.1, -0.05) is 30.3 Å². The van der Waals surface area contributed by atoms with E-state index in [-0.39, 0.29) is 5.76 Å². The number of hydrogen-bond acceptors (Lipinski definition) is 3. The van der Waals surface area contributed by atoms with Crippen LogP contribution in [0.3, 0.4) is 0 Å². The molecule has 1 heterocycles. The van der Waals surface area contributed by atoms with Crippen LogP contribution in [0.2, 0.25) is 0 Å². The van der Waals surface area contributed by atoms with E-state index in [4.69, 9.17) is 9.47 Å². The molecule has 0 spiro atoms. The van der Waals surface area contributed by atoms with Crippen LogP contribution in [0.4, 0.5) is 0 Å². The zero-order valence-corrected chi connectivity index (χ0v) is 7.53. The summed E-state index contributed by atoms with van der Waals surface area (Å²) in [4.78, 5) is 10.6. The molecule has 3 heteroatoms. The van der Waals surface area contributed by atoms with Crippen LogP contribution in [0.5, 0.6) is 0 Å². The van der Waals surface area contributed by atoms with Crippen molar-refractivity contribution in [2.75, 3.05) is 13.2 Å². The molecule has 3 nitrogen and oxygen atoms in total. The van der Waals surface area contributed by atoms with Crippen LogP contribution in [0.25, 0.3) is 5.76 Å². The third kappa shape index (κ3) is 1.62. The summed E-state index contributed by atoms with van der Waals surface area (Å²) in [6.07, 6.45) is 1.73. The smallest absolute Gasteiger partial charge is 0.275 e. The fraction of sp³-hybridized carbons (Fsp3) is 0.182. The fourth-order valence-corrected chi connectivity index (χ4v) is 1.30. The Morgan fingerprint density at radius 3 is 2.50 bits per heavy atom. The number of rotatable bonds is 2. The van der Waals surface area contributed by atoms with Gasteiger partial charge < -0.3 is 9.47 Å². The van der Waals surface area contributed by atoms with Crippen molar-refractivity contribution < 1.29 is 14.3 Å². The molecule has 0 amide bonds. The Labute approximate surface area is 81.9 Å². The molecule has 0 fully saturated rings. The van der Waals surface area contributed by atoms with Gasteiger partial charge in [-0.15, -0.1) is 0 Å². The maximum absolute atomic E-state index is 10.6. The molecule has 1 radical (unpaired) electrons. The molecule has 0 atom stereocenters. The van der Waals surface area contributed by atoms with Gasteiger partial charge in [0.15, 0.2) is 5.76 Å². The first-order valence-electron chi connectivity index (χ1n) is 4.35. The Morgan fingerprint density at radius 1 is 1.07 bits per heavy atom. The predicted molar refractivity (Wildman–Crippen MR) is 51.0 cm³/mol. The number of allylic oxidation sites excluding steroid dienone is 1. The van der Waals surface area contributed by atoms with Crippen molar-refractivity contribution in [3.05, 3.63) is 41.7 Å². The van der Waals surface area contributed by atoms with Gasteiger partial charge in [-0.05, 0) is 0 Å². The normalized spacial score (nSPS) is 15.7. The van der Waals surface area contributed by atoms with E-state index in [0.717, 1.165) is 5.56 Å². The Balaban J connectivity index is 2.40. The van der Waals surface area contributed by atoms with E-state index in [9.17, 15) is 4.79 Å². The van der Waals surface area contributed by atoms with E-state index >= 15 is 0 Å². The van der Waals surface area contributed by atoms with Gasteiger partial charge in [0.25, 0.3) is 6.29 Å². The van der Waals surface area contributed by atoms with Crippen molar-refractivity contribution in [1.29, 1.82) is 0 Å². The number of hydrogen-bond donors (Lipinski definition) is 0.